The van der Waals surface area contributed by atoms with Crippen LogP contribution >= 0.6 is 0 Å². The molecule has 3 aliphatic heterocycles. The van der Waals surface area contributed by atoms with Crippen molar-refractivity contribution in [2.45, 2.75) is 43.8 Å². The molecule has 3 atom stereocenters. The van der Waals surface area contributed by atoms with Gasteiger partial charge in [-0.1, -0.05) is 26.0 Å². The number of benzene rings is 1. The molecule has 160 valence electrons. The predicted octanol–water partition coefficient (Wildman–Crippen LogP) is 1.42. The Morgan fingerprint density at radius 3 is 2.90 bits per heavy atom. The van der Waals surface area contributed by atoms with E-state index in [1.165, 1.54) is 0 Å². The molecule has 29 heavy (non-hydrogen) atoms. The maximum Gasteiger partial charge on any atom is 0.317 e. The molecule has 1 aromatic carbocycles. The summed E-state index contributed by atoms with van der Waals surface area (Å²) in [6.07, 6.45) is 0.226. The van der Waals surface area contributed by atoms with Crippen LogP contribution in [0.4, 0.5) is 4.79 Å². The monoisotopic (exact) mass is 423 g/mol. The van der Waals surface area contributed by atoms with Gasteiger partial charge in [-0.25, -0.2) is 13.2 Å². The van der Waals surface area contributed by atoms with E-state index in [0.717, 1.165) is 11.3 Å². The topological polar surface area (TPSA) is 88.2 Å². The number of fused-ring (bicyclic) bond motifs is 1. The van der Waals surface area contributed by atoms with E-state index in [2.05, 4.69) is 5.32 Å². The first-order valence-electron chi connectivity index (χ1n) is 10.1. The average Bonchev–Trinajstić information content (AvgIpc) is 3.04. The number of urea groups is 1. The summed E-state index contributed by atoms with van der Waals surface area (Å²) >= 11 is 0. The van der Waals surface area contributed by atoms with E-state index in [1.807, 2.05) is 38.1 Å². The molecule has 1 spiro atoms. The summed E-state index contributed by atoms with van der Waals surface area (Å²) in [6, 6.07) is 7.35. The van der Waals surface area contributed by atoms with E-state index in [9.17, 15) is 13.2 Å². The van der Waals surface area contributed by atoms with Crippen molar-refractivity contribution in [3.8, 4) is 5.75 Å². The Morgan fingerprint density at radius 1 is 1.38 bits per heavy atom. The standard InChI is InChI=1S/C20H29N3O5S/c1-14(2)10-23-13-20-12-22(11-17(28-20)8-18(20)29(23,25)26)19(24)21-9-15-5-4-6-16(7-15)27-3/h4-7,14,17-18H,8-13H2,1-3H3,(H,21,24)/t17-,18+,20+/m1/s1. The number of ether oxygens (including phenoxy) is 2. The highest BCUT2D eigenvalue weighted by atomic mass is 32.2. The third kappa shape index (κ3) is 3.71. The van der Waals surface area contributed by atoms with E-state index < -0.39 is 20.9 Å². The number of hydrogen-bond acceptors (Lipinski definition) is 5. The minimum absolute atomic E-state index is 0.194. The van der Waals surface area contributed by atoms with Crippen molar-refractivity contribution in [1.82, 2.24) is 14.5 Å². The summed E-state index contributed by atoms with van der Waals surface area (Å²) in [5.74, 6) is 0.978. The number of carbonyl (C=O) groups is 1. The van der Waals surface area contributed by atoms with E-state index in [-0.39, 0.29) is 18.1 Å². The lowest BCUT2D eigenvalue weighted by atomic mass is 9.99. The maximum atomic E-state index is 13.0. The third-order valence-corrected chi connectivity index (χ3v) is 8.28. The van der Waals surface area contributed by atoms with Crippen molar-refractivity contribution in [3.05, 3.63) is 29.8 Å². The number of likely N-dealkylation sites (tertiary alicyclic amines) is 1. The number of nitrogens with one attached hydrogen (secondary N) is 1. The lowest BCUT2D eigenvalue weighted by Gasteiger charge is -2.39. The summed E-state index contributed by atoms with van der Waals surface area (Å²) < 4.78 is 39.0. The Labute approximate surface area is 172 Å². The largest absolute Gasteiger partial charge is 0.497 e. The van der Waals surface area contributed by atoms with Crippen LogP contribution in [0.15, 0.2) is 24.3 Å². The third-order valence-electron chi connectivity index (χ3n) is 5.94. The molecular weight excluding hydrogens is 394 g/mol. The molecule has 3 aliphatic rings. The van der Waals surface area contributed by atoms with Gasteiger partial charge in [-0.2, -0.15) is 4.31 Å². The highest BCUT2D eigenvalue weighted by molar-refractivity contribution is 7.90. The van der Waals surface area contributed by atoms with E-state index in [1.54, 1.807) is 16.3 Å². The van der Waals surface area contributed by atoms with Gasteiger partial charge < -0.3 is 19.7 Å². The molecule has 2 bridgehead atoms. The number of rotatable bonds is 5. The van der Waals surface area contributed by atoms with Crippen molar-refractivity contribution < 1.29 is 22.7 Å². The van der Waals surface area contributed by atoms with Crippen LogP contribution in [-0.4, -0.2) is 73.9 Å². The fourth-order valence-corrected chi connectivity index (χ4v) is 7.22. The summed E-state index contributed by atoms with van der Waals surface area (Å²) in [7, 11) is -1.79. The summed E-state index contributed by atoms with van der Waals surface area (Å²) in [4.78, 5) is 14.5. The smallest absolute Gasteiger partial charge is 0.317 e. The molecule has 0 aromatic heterocycles. The van der Waals surface area contributed by atoms with Gasteiger partial charge in [-0.05, 0) is 30.0 Å². The Bertz CT molecular complexity index is 890. The molecule has 9 heteroatoms. The quantitative estimate of drug-likeness (QED) is 0.774. The zero-order valence-electron chi connectivity index (χ0n) is 17.1. The van der Waals surface area contributed by atoms with Crippen LogP contribution in [0.3, 0.4) is 0 Å². The molecule has 3 fully saturated rings. The molecule has 0 aliphatic carbocycles. The molecule has 0 radical (unpaired) electrons. The maximum absolute atomic E-state index is 13.0. The summed E-state index contributed by atoms with van der Waals surface area (Å²) in [5, 5.41) is 2.38. The van der Waals surface area contributed by atoms with Crippen molar-refractivity contribution >= 4 is 16.1 Å². The molecule has 2 amide bonds. The lowest BCUT2D eigenvalue weighted by Crippen LogP contribution is -2.58. The van der Waals surface area contributed by atoms with Crippen LogP contribution in [-0.2, 0) is 21.3 Å². The van der Waals surface area contributed by atoms with Crippen LogP contribution in [0, 0.1) is 5.92 Å². The Kier molecular flexibility index (Phi) is 5.25. The molecule has 8 nitrogen and oxygen atoms in total. The number of carbonyl (C=O) groups excluding carboxylic acids is 1. The molecule has 3 heterocycles. The average molecular weight is 424 g/mol. The van der Waals surface area contributed by atoms with Gasteiger partial charge in [0.15, 0.2) is 0 Å². The predicted molar refractivity (Wildman–Crippen MR) is 108 cm³/mol. The van der Waals surface area contributed by atoms with Crippen molar-refractivity contribution in [1.29, 1.82) is 0 Å². The molecular formula is C20H29N3O5S. The van der Waals surface area contributed by atoms with Crippen LogP contribution < -0.4 is 10.1 Å². The molecule has 3 saturated heterocycles. The lowest BCUT2D eigenvalue weighted by molar-refractivity contribution is -0.0957. The molecule has 0 unspecified atom stereocenters. The minimum atomic E-state index is -3.40. The Balaban J connectivity index is 1.44. The van der Waals surface area contributed by atoms with Gasteiger partial charge in [0.2, 0.25) is 10.0 Å². The zero-order chi connectivity index (χ0) is 20.8. The van der Waals surface area contributed by atoms with Crippen molar-refractivity contribution in [2.24, 2.45) is 5.92 Å². The number of sulfonamides is 1. The first-order chi connectivity index (χ1) is 13.7. The van der Waals surface area contributed by atoms with Gasteiger partial charge in [-0.3, -0.25) is 0 Å². The molecule has 1 N–H and O–H groups in total. The van der Waals surface area contributed by atoms with Gasteiger partial charge >= 0.3 is 6.03 Å². The molecule has 4 rings (SSSR count). The number of hydrogen-bond donors (Lipinski definition) is 1. The van der Waals surface area contributed by atoms with Gasteiger partial charge in [0.1, 0.15) is 16.6 Å². The summed E-state index contributed by atoms with van der Waals surface area (Å²) in [5.41, 5.74) is 0.126. The highest BCUT2D eigenvalue weighted by Gasteiger charge is 2.65. The Hall–Kier alpha value is -1.84. The van der Waals surface area contributed by atoms with Gasteiger partial charge in [-0.15, -0.1) is 0 Å². The second-order valence-corrected chi connectivity index (χ2v) is 10.8. The summed E-state index contributed by atoms with van der Waals surface area (Å²) in [6.45, 7) is 5.92. The van der Waals surface area contributed by atoms with Gasteiger partial charge in [0.05, 0.1) is 19.8 Å². The number of methoxy groups -OCH3 is 1. The van der Waals surface area contributed by atoms with Crippen molar-refractivity contribution in [2.75, 3.05) is 33.3 Å². The number of morpholine rings is 1. The highest BCUT2D eigenvalue weighted by Crippen LogP contribution is 2.46. The van der Waals surface area contributed by atoms with Crippen LogP contribution in [0.5, 0.6) is 5.75 Å². The van der Waals surface area contributed by atoms with E-state index in [0.29, 0.717) is 39.1 Å². The second-order valence-electron chi connectivity index (χ2n) is 8.65. The van der Waals surface area contributed by atoms with Crippen LogP contribution in [0.1, 0.15) is 25.8 Å². The SMILES string of the molecule is COc1cccc(CNC(=O)N2C[C@H]3C[C@H]4[C@](C2)(CN(CC(C)C)S4(=O)=O)O3)c1. The van der Waals surface area contributed by atoms with E-state index in [4.69, 9.17) is 9.47 Å². The fourth-order valence-electron chi connectivity index (χ4n) is 4.75. The van der Waals surface area contributed by atoms with Crippen LogP contribution in [0.25, 0.3) is 0 Å². The van der Waals surface area contributed by atoms with E-state index >= 15 is 0 Å². The molecule has 1 aromatic rings. The first-order valence-corrected chi connectivity index (χ1v) is 11.6. The van der Waals surface area contributed by atoms with Gasteiger partial charge in [0.25, 0.3) is 0 Å². The first kappa shape index (κ1) is 20.4. The zero-order valence-corrected chi connectivity index (χ0v) is 17.9. The van der Waals surface area contributed by atoms with Gasteiger partial charge in [0, 0.05) is 26.2 Å². The minimum Gasteiger partial charge on any atom is -0.497 e. The Morgan fingerprint density at radius 2 is 2.17 bits per heavy atom. The number of nitrogens with zero attached hydrogens (tertiary/aromatic N) is 2. The molecule has 0 saturated carbocycles. The fraction of sp³-hybridized carbons (Fsp3) is 0.650. The van der Waals surface area contributed by atoms with Crippen molar-refractivity contribution in [3.63, 3.8) is 0 Å². The normalized spacial score (nSPS) is 30.4. The second kappa shape index (κ2) is 7.45. The van der Waals surface area contributed by atoms with Crippen LogP contribution in [0.2, 0.25) is 0 Å². The number of amides is 2.